The number of nitrogens with one attached hydrogen (secondary N) is 1. The highest BCUT2D eigenvalue weighted by Crippen LogP contribution is 2.26. The summed E-state index contributed by atoms with van der Waals surface area (Å²) in [4.78, 5) is 27.7. The summed E-state index contributed by atoms with van der Waals surface area (Å²) < 4.78 is 2.27. The first-order valence-electron chi connectivity index (χ1n) is 9.00. The molecule has 0 saturated carbocycles. The third-order valence-electron chi connectivity index (χ3n) is 4.41. The predicted molar refractivity (Wildman–Crippen MR) is 115 cm³/mol. The van der Waals surface area contributed by atoms with E-state index >= 15 is 0 Å². The summed E-state index contributed by atoms with van der Waals surface area (Å²) in [5, 5.41) is 15.2. The van der Waals surface area contributed by atoms with Crippen LogP contribution in [0.15, 0.2) is 52.0 Å². The van der Waals surface area contributed by atoms with Crippen LogP contribution in [0, 0.1) is 10.1 Å². The number of aromatic nitrogens is 2. The zero-order valence-corrected chi connectivity index (χ0v) is 17.8. The van der Waals surface area contributed by atoms with Crippen LogP contribution in [0.25, 0.3) is 11.0 Å². The second-order valence-corrected chi connectivity index (χ2v) is 7.71. The molecule has 9 heteroatoms. The molecule has 1 heterocycles. The number of hydrazone groups is 1. The lowest BCUT2D eigenvalue weighted by Gasteiger charge is -2.10. The molecule has 0 aliphatic heterocycles. The van der Waals surface area contributed by atoms with Gasteiger partial charge in [0.25, 0.3) is 11.6 Å². The number of nitro groups is 1. The van der Waals surface area contributed by atoms with Crippen LogP contribution in [-0.2, 0) is 11.3 Å². The van der Waals surface area contributed by atoms with Gasteiger partial charge < -0.3 is 4.57 Å². The van der Waals surface area contributed by atoms with E-state index in [4.69, 9.17) is 0 Å². The van der Waals surface area contributed by atoms with Crippen LogP contribution in [0.1, 0.15) is 38.1 Å². The average Bonchev–Trinajstić information content (AvgIpc) is 3.05. The Morgan fingerprint density at radius 3 is 2.72 bits per heavy atom. The van der Waals surface area contributed by atoms with Crippen molar-refractivity contribution < 1.29 is 9.72 Å². The van der Waals surface area contributed by atoms with Crippen LogP contribution in [-0.4, -0.2) is 26.1 Å². The van der Waals surface area contributed by atoms with Crippen molar-refractivity contribution in [3.8, 4) is 0 Å². The summed E-state index contributed by atoms with van der Waals surface area (Å²) in [6.45, 7) is 5.81. The van der Waals surface area contributed by atoms with Crippen LogP contribution in [0.5, 0.6) is 0 Å². The van der Waals surface area contributed by atoms with E-state index < -0.39 is 4.92 Å². The largest absolute Gasteiger partial charge is 0.318 e. The summed E-state index contributed by atoms with van der Waals surface area (Å²) in [6, 6.07) is 12.4. The van der Waals surface area contributed by atoms with Crippen molar-refractivity contribution in [3.63, 3.8) is 0 Å². The number of halogens is 1. The normalized spacial score (nSPS) is 11.8. The van der Waals surface area contributed by atoms with E-state index in [1.165, 1.54) is 6.07 Å². The van der Waals surface area contributed by atoms with Gasteiger partial charge >= 0.3 is 0 Å². The minimum atomic E-state index is -0.475. The van der Waals surface area contributed by atoms with Crippen LogP contribution < -0.4 is 5.43 Å². The lowest BCUT2D eigenvalue weighted by Crippen LogP contribution is -2.25. The molecule has 0 fully saturated rings. The zero-order valence-electron chi connectivity index (χ0n) is 16.2. The van der Waals surface area contributed by atoms with Gasteiger partial charge in [-0.3, -0.25) is 14.9 Å². The lowest BCUT2D eigenvalue weighted by atomic mass is 10.1. The summed E-state index contributed by atoms with van der Waals surface area (Å²) in [5.41, 5.74) is 5.21. The van der Waals surface area contributed by atoms with Gasteiger partial charge in [-0.2, -0.15) is 5.10 Å². The van der Waals surface area contributed by atoms with Gasteiger partial charge in [-0.05, 0) is 41.1 Å². The lowest BCUT2D eigenvalue weighted by molar-refractivity contribution is -0.385. The quantitative estimate of drug-likeness (QED) is 0.337. The minimum absolute atomic E-state index is 0.0603. The molecule has 1 amide bonds. The molecular formula is C20H20BrN5O3. The van der Waals surface area contributed by atoms with Crippen molar-refractivity contribution in [2.24, 2.45) is 5.10 Å². The molecule has 0 atom stereocenters. The highest BCUT2D eigenvalue weighted by atomic mass is 79.9. The fourth-order valence-corrected chi connectivity index (χ4v) is 3.36. The third kappa shape index (κ3) is 4.51. The number of nitrogens with zero attached hydrogens (tertiary/aromatic N) is 4. The minimum Gasteiger partial charge on any atom is -0.318 e. The van der Waals surface area contributed by atoms with E-state index in [-0.39, 0.29) is 24.1 Å². The number of benzene rings is 2. The number of imidazole rings is 1. The van der Waals surface area contributed by atoms with Crippen molar-refractivity contribution in [1.82, 2.24) is 15.0 Å². The summed E-state index contributed by atoms with van der Waals surface area (Å²) in [5.74, 6) is 0.676. The second-order valence-electron chi connectivity index (χ2n) is 6.86. The van der Waals surface area contributed by atoms with E-state index in [1.54, 1.807) is 19.1 Å². The summed E-state index contributed by atoms with van der Waals surface area (Å²) in [7, 11) is 0. The molecule has 0 aliphatic carbocycles. The third-order valence-corrected chi connectivity index (χ3v) is 5.08. The van der Waals surface area contributed by atoms with Crippen LogP contribution >= 0.6 is 15.9 Å². The summed E-state index contributed by atoms with van der Waals surface area (Å²) in [6.07, 6.45) is 0. The number of fused-ring (bicyclic) bond motifs is 1. The second kappa shape index (κ2) is 8.52. The summed E-state index contributed by atoms with van der Waals surface area (Å²) >= 11 is 3.15. The first kappa shape index (κ1) is 20.7. The van der Waals surface area contributed by atoms with Gasteiger partial charge in [0.05, 0.1) is 26.1 Å². The number of nitro benzene ring substituents is 1. The number of amides is 1. The van der Waals surface area contributed by atoms with Gasteiger partial charge in [0.2, 0.25) is 0 Å². The van der Waals surface area contributed by atoms with Gasteiger partial charge in [-0.15, -0.1) is 0 Å². The van der Waals surface area contributed by atoms with Crippen molar-refractivity contribution >= 4 is 44.3 Å². The monoisotopic (exact) mass is 457 g/mol. The number of carbonyl (C=O) groups is 1. The SMILES string of the molecule is C/C(=N\NC(=O)Cn1c(C(C)C)nc2ccccc21)c1ccc(Br)c([N+](=O)[O-])c1. The Kier molecular flexibility index (Phi) is 6.07. The highest BCUT2D eigenvalue weighted by molar-refractivity contribution is 9.10. The molecule has 0 bridgehead atoms. The maximum Gasteiger partial charge on any atom is 0.284 e. The van der Waals surface area contributed by atoms with Crippen molar-refractivity contribution in [2.75, 3.05) is 0 Å². The molecule has 0 unspecified atom stereocenters. The van der Waals surface area contributed by atoms with Crippen LogP contribution in [0.3, 0.4) is 0 Å². The molecule has 0 aliphatic rings. The molecule has 29 heavy (non-hydrogen) atoms. The van der Waals surface area contributed by atoms with E-state index in [0.717, 1.165) is 16.9 Å². The molecule has 1 N–H and O–H groups in total. The Morgan fingerprint density at radius 1 is 1.31 bits per heavy atom. The Morgan fingerprint density at radius 2 is 2.03 bits per heavy atom. The first-order valence-corrected chi connectivity index (χ1v) is 9.80. The van der Waals surface area contributed by atoms with Crippen LogP contribution in [0.2, 0.25) is 0 Å². The number of hydrogen-bond donors (Lipinski definition) is 1. The Bertz CT molecular complexity index is 1120. The molecule has 0 spiro atoms. The van der Waals surface area contributed by atoms with Gasteiger partial charge in [0.1, 0.15) is 12.4 Å². The van der Waals surface area contributed by atoms with Gasteiger partial charge in [0.15, 0.2) is 0 Å². The Hall–Kier alpha value is -3.07. The Labute approximate surface area is 175 Å². The average molecular weight is 458 g/mol. The van der Waals surface area contributed by atoms with Crippen molar-refractivity contribution in [2.45, 2.75) is 33.2 Å². The van der Waals surface area contributed by atoms with E-state index in [2.05, 4.69) is 31.4 Å². The maximum absolute atomic E-state index is 12.5. The van der Waals surface area contributed by atoms with Gasteiger partial charge in [-0.25, -0.2) is 10.4 Å². The van der Waals surface area contributed by atoms with Crippen molar-refractivity contribution in [1.29, 1.82) is 0 Å². The van der Waals surface area contributed by atoms with E-state index in [0.29, 0.717) is 15.7 Å². The molecule has 3 aromatic rings. The van der Waals surface area contributed by atoms with Crippen molar-refractivity contribution in [3.05, 3.63) is 68.4 Å². The Balaban J connectivity index is 1.80. The molecular weight excluding hydrogens is 438 g/mol. The zero-order chi connectivity index (χ0) is 21.1. The molecule has 1 aromatic heterocycles. The fourth-order valence-electron chi connectivity index (χ4n) is 2.97. The molecule has 0 radical (unpaired) electrons. The van der Waals surface area contributed by atoms with E-state index in [1.807, 2.05) is 42.7 Å². The number of para-hydroxylation sites is 2. The molecule has 3 rings (SSSR count). The fraction of sp³-hybridized carbons (Fsp3) is 0.250. The van der Waals surface area contributed by atoms with Crippen LogP contribution in [0.4, 0.5) is 5.69 Å². The van der Waals surface area contributed by atoms with Gasteiger partial charge in [0, 0.05) is 17.5 Å². The molecule has 8 nitrogen and oxygen atoms in total. The number of hydrogen-bond acceptors (Lipinski definition) is 5. The highest BCUT2D eigenvalue weighted by Gasteiger charge is 2.16. The predicted octanol–water partition coefficient (Wildman–Crippen LogP) is 4.37. The first-order chi connectivity index (χ1) is 13.8. The smallest absolute Gasteiger partial charge is 0.284 e. The molecule has 150 valence electrons. The standard InChI is InChI=1S/C20H20BrN5O3/c1-12(2)20-22-16-6-4-5-7-17(16)25(20)11-19(27)24-23-13(3)14-8-9-15(21)18(10-14)26(28)29/h4-10,12H,11H2,1-3H3,(H,24,27)/b23-13+. The van der Waals surface area contributed by atoms with E-state index in [9.17, 15) is 14.9 Å². The number of rotatable bonds is 6. The molecule has 2 aromatic carbocycles. The topological polar surface area (TPSA) is 102 Å². The number of carbonyl (C=O) groups excluding carboxylic acids is 1. The molecule has 0 saturated heterocycles. The maximum atomic E-state index is 12.5. The van der Waals surface area contributed by atoms with Gasteiger partial charge in [-0.1, -0.05) is 32.0 Å².